The summed E-state index contributed by atoms with van der Waals surface area (Å²) in [6.07, 6.45) is 1.56. The van der Waals surface area contributed by atoms with Crippen molar-refractivity contribution in [2.75, 3.05) is 0 Å². The van der Waals surface area contributed by atoms with Crippen LogP contribution >= 0.6 is 11.6 Å². The van der Waals surface area contributed by atoms with Gasteiger partial charge in [-0.15, -0.1) is 0 Å². The van der Waals surface area contributed by atoms with Crippen molar-refractivity contribution in [3.05, 3.63) is 36.0 Å². The van der Waals surface area contributed by atoms with Gasteiger partial charge in [0.25, 0.3) is 0 Å². The van der Waals surface area contributed by atoms with E-state index < -0.39 is 5.60 Å². The molecule has 1 rings (SSSR count). The fourth-order valence-electron chi connectivity index (χ4n) is 1.05. The highest BCUT2D eigenvalue weighted by Crippen LogP contribution is 2.38. The van der Waals surface area contributed by atoms with Gasteiger partial charge in [0.15, 0.2) is 0 Å². The molecule has 0 saturated heterocycles. The second-order valence-electron chi connectivity index (χ2n) is 4.48. The van der Waals surface area contributed by atoms with Crippen molar-refractivity contribution in [2.24, 2.45) is 5.41 Å². The predicted octanol–water partition coefficient (Wildman–Crippen LogP) is 2.80. The number of halogens is 1. The van der Waals surface area contributed by atoms with Crippen LogP contribution in [0, 0.1) is 12.3 Å². The zero-order valence-electron chi connectivity index (χ0n) is 8.71. The van der Waals surface area contributed by atoms with Crippen molar-refractivity contribution < 1.29 is 5.11 Å². The van der Waals surface area contributed by atoms with Gasteiger partial charge in [-0.2, -0.15) is 0 Å². The predicted molar refractivity (Wildman–Crippen MR) is 58.0 cm³/mol. The van der Waals surface area contributed by atoms with E-state index in [1.54, 1.807) is 18.3 Å². The first-order valence-corrected chi connectivity index (χ1v) is 4.83. The summed E-state index contributed by atoms with van der Waals surface area (Å²) in [5.74, 6) is 0. The fraction of sp³-hybridized carbons (Fsp3) is 0.455. The molecule has 0 saturated carbocycles. The van der Waals surface area contributed by atoms with Crippen LogP contribution in [0.5, 0.6) is 0 Å². The Hall–Kier alpha value is -0.600. The lowest BCUT2D eigenvalue weighted by Gasteiger charge is -2.37. The van der Waals surface area contributed by atoms with Gasteiger partial charge in [-0.05, 0) is 18.4 Å². The summed E-state index contributed by atoms with van der Waals surface area (Å²) >= 11 is 5.66. The van der Waals surface area contributed by atoms with E-state index in [0.717, 1.165) is 0 Å². The maximum atomic E-state index is 10.2. The highest BCUT2D eigenvalue weighted by atomic mass is 35.5. The molecule has 77 valence electrons. The third-order valence-corrected chi connectivity index (χ3v) is 2.67. The molecule has 0 aromatic carbocycles. The molecule has 0 aliphatic rings. The zero-order chi connectivity index (χ0) is 11.0. The number of aliphatic hydroxyl groups is 1. The van der Waals surface area contributed by atoms with Gasteiger partial charge in [-0.25, -0.2) is 4.98 Å². The van der Waals surface area contributed by atoms with Crippen LogP contribution in [0.4, 0.5) is 0 Å². The molecule has 1 aromatic heterocycles. The lowest BCUT2D eigenvalue weighted by molar-refractivity contribution is -0.0218. The number of nitrogens with zero attached hydrogens (tertiary/aromatic N) is 1. The Labute approximate surface area is 89.9 Å². The van der Waals surface area contributed by atoms with E-state index in [0.29, 0.717) is 10.7 Å². The molecule has 1 aromatic rings. The Balaban J connectivity index is 3.10. The minimum atomic E-state index is -1.15. The highest BCUT2D eigenvalue weighted by molar-refractivity contribution is 6.29. The lowest BCUT2D eigenvalue weighted by Crippen LogP contribution is -2.37. The van der Waals surface area contributed by atoms with Crippen molar-refractivity contribution in [1.29, 1.82) is 0 Å². The molecule has 0 aliphatic heterocycles. The number of rotatable bonds is 1. The van der Waals surface area contributed by atoms with Crippen LogP contribution < -0.4 is 0 Å². The Morgan fingerprint density at radius 1 is 1.36 bits per heavy atom. The average molecular weight is 213 g/mol. The Morgan fingerprint density at radius 3 is 2.29 bits per heavy atom. The standard InChI is InChI=1S/C11H15ClNO/c1-10(2,3)11(4,14)8-5-6-9(12)13-7-8/h5-7,14H,4H2,1-3H3/t11-/m0/s1. The molecule has 0 bridgehead atoms. The third kappa shape index (κ3) is 2.07. The van der Waals surface area contributed by atoms with Crippen molar-refractivity contribution in [2.45, 2.75) is 26.4 Å². The molecular weight excluding hydrogens is 198 g/mol. The zero-order valence-corrected chi connectivity index (χ0v) is 9.47. The van der Waals surface area contributed by atoms with Crippen molar-refractivity contribution in [1.82, 2.24) is 4.98 Å². The van der Waals surface area contributed by atoms with Gasteiger partial charge in [0.05, 0.1) is 5.60 Å². The van der Waals surface area contributed by atoms with Crippen molar-refractivity contribution >= 4 is 11.6 Å². The van der Waals surface area contributed by atoms with Gasteiger partial charge in [0, 0.05) is 11.8 Å². The highest BCUT2D eigenvalue weighted by Gasteiger charge is 2.37. The monoisotopic (exact) mass is 212 g/mol. The summed E-state index contributed by atoms with van der Waals surface area (Å²) in [6, 6.07) is 3.40. The molecule has 1 atom stereocenters. The maximum absolute atomic E-state index is 10.2. The smallest absolute Gasteiger partial charge is 0.129 e. The van der Waals surface area contributed by atoms with E-state index in [2.05, 4.69) is 11.9 Å². The summed E-state index contributed by atoms with van der Waals surface area (Å²) in [7, 11) is 0. The normalized spacial score (nSPS) is 16.4. The molecule has 0 spiro atoms. The quantitative estimate of drug-likeness (QED) is 0.727. The SMILES string of the molecule is [CH2][C@](O)(c1ccc(Cl)nc1)C(C)(C)C. The minimum absolute atomic E-state index is 0.345. The van der Waals surface area contributed by atoms with E-state index in [4.69, 9.17) is 11.6 Å². The van der Waals surface area contributed by atoms with Gasteiger partial charge in [0.1, 0.15) is 5.15 Å². The molecule has 0 unspecified atom stereocenters. The van der Waals surface area contributed by atoms with Crippen molar-refractivity contribution in [3.8, 4) is 0 Å². The van der Waals surface area contributed by atoms with Crippen LogP contribution in [0.1, 0.15) is 26.3 Å². The minimum Gasteiger partial charge on any atom is -0.385 e. The van der Waals surface area contributed by atoms with Crippen LogP contribution in [0.3, 0.4) is 0 Å². The largest absolute Gasteiger partial charge is 0.385 e. The Kier molecular flexibility index (Phi) is 2.88. The number of hydrogen-bond acceptors (Lipinski definition) is 2. The summed E-state index contributed by atoms with van der Waals surface area (Å²) in [5.41, 5.74) is -0.818. The summed E-state index contributed by atoms with van der Waals surface area (Å²) in [4.78, 5) is 3.92. The van der Waals surface area contributed by atoms with Crippen LogP contribution in [0.2, 0.25) is 5.15 Å². The van der Waals surface area contributed by atoms with Crippen LogP contribution in [0.15, 0.2) is 18.3 Å². The van der Waals surface area contributed by atoms with E-state index in [1.807, 2.05) is 20.8 Å². The summed E-state index contributed by atoms with van der Waals surface area (Å²) in [5, 5.41) is 10.6. The molecule has 1 heterocycles. The van der Waals surface area contributed by atoms with Gasteiger partial charge in [-0.3, -0.25) is 0 Å². The molecular formula is C11H15ClNO. The van der Waals surface area contributed by atoms with Crippen LogP contribution in [0.25, 0.3) is 0 Å². The molecule has 1 radical (unpaired) electrons. The van der Waals surface area contributed by atoms with Crippen molar-refractivity contribution in [3.63, 3.8) is 0 Å². The first-order chi connectivity index (χ1) is 6.25. The Morgan fingerprint density at radius 2 is 1.93 bits per heavy atom. The molecule has 0 fully saturated rings. The summed E-state index contributed by atoms with van der Waals surface area (Å²) < 4.78 is 0. The van der Waals surface area contributed by atoms with Crippen LogP contribution in [-0.2, 0) is 5.60 Å². The van der Waals surface area contributed by atoms with E-state index >= 15 is 0 Å². The molecule has 2 nitrogen and oxygen atoms in total. The third-order valence-electron chi connectivity index (χ3n) is 2.45. The number of aromatic nitrogens is 1. The van der Waals surface area contributed by atoms with E-state index in [-0.39, 0.29) is 5.41 Å². The molecule has 14 heavy (non-hydrogen) atoms. The average Bonchev–Trinajstić information content (AvgIpc) is 2.03. The fourth-order valence-corrected chi connectivity index (χ4v) is 1.17. The van der Waals surface area contributed by atoms with Gasteiger partial charge in [0.2, 0.25) is 0 Å². The van der Waals surface area contributed by atoms with Gasteiger partial charge in [-0.1, -0.05) is 38.4 Å². The van der Waals surface area contributed by atoms with Gasteiger partial charge >= 0.3 is 0 Å². The second-order valence-corrected chi connectivity index (χ2v) is 4.87. The first-order valence-electron chi connectivity index (χ1n) is 4.45. The Bertz CT molecular complexity index is 311. The van der Waals surface area contributed by atoms with E-state index in [9.17, 15) is 5.11 Å². The molecule has 3 heteroatoms. The number of pyridine rings is 1. The molecule has 0 aliphatic carbocycles. The lowest BCUT2D eigenvalue weighted by atomic mass is 9.74. The van der Waals surface area contributed by atoms with Gasteiger partial charge < -0.3 is 5.11 Å². The number of hydrogen-bond donors (Lipinski definition) is 1. The molecule has 0 amide bonds. The topological polar surface area (TPSA) is 33.1 Å². The molecule has 1 N–H and O–H groups in total. The van der Waals surface area contributed by atoms with E-state index in [1.165, 1.54) is 0 Å². The summed E-state index contributed by atoms with van der Waals surface area (Å²) in [6.45, 7) is 9.59. The first kappa shape index (κ1) is 11.5. The maximum Gasteiger partial charge on any atom is 0.129 e. The second kappa shape index (κ2) is 3.52. The van der Waals surface area contributed by atoms with Crippen LogP contribution in [-0.4, -0.2) is 10.1 Å².